The molecule has 0 radical (unpaired) electrons. The summed E-state index contributed by atoms with van der Waals surface area (Å²) in [6.07, 6.45) is 0. The van der Waals surface area contributed by atoms with Crippen molar-refractivity contribution in [3.8, 4) is 0 Å². The second kappa shape index (κ2) is 5.29. The first-order valence-electron chi connectivity index (χ1n) is 4.75. The lowest BCUT2D eigenvalue weighted by Crippen LogP contribution is -2.19. The lowest BCUT2D eigenvalue weighted by atomic mass is 10.3. The summed E-state index contributed by atoms with van der Waals surface area (Å²) in [5, 5.41) is 0. The van der Waals surface area contributed by atoms with Crippen LogP contribution in [0.5, 0.6) is 0 Å². The van der Waals surface area contributed by atoms with E-state index in [1.165, 1.54) is 6.07 Å². The number of rotatable bonds is 3. The van der Waals surface area contributed by atoms with Crippen molar-refractivity contribution in [3.05, 3.63) is 23.0 Å². The number of carbonyl (C=O) groups is 2. The third kappa shape index (κ3) is 3.37. The number of carbonyl (C=O) groups excluding carboxylic acids is 2. The smallest absolute Gasteiger partial charge is 0.339 e. The number of aromatic amines is 1. The zero-order valence-electron chi connectivity index (χ0n) is 9.14. The predicted molar refractivity (Wildman–Crippen MR) is 66.1 cm³/mol. The van der Waals surface area contributed by atoms with Crippen LogP contribution in [0.1, 0.15) is 33.5 Å². The fraction of sp³-hybridized carbons (Fsp3) is 0.400. The molecule has 17 heavy (non-hydrogen) atoms. The van der Waals surface area contributed by atoms with E-state index in [9.17, 15) is 9.59 Å². The summed E-state index contributed by atoms with van der Waals surface area (Å²) in [4.78, 5) is 25.8. The van der Waals surface area contributed by atoms with Crippen LogP contribution >= 0.6 is 34.8 Å². The van der Waals surface area contributed by atoms with Gasteiger partial charge in [0, 0.05) is 5.69 Å². The molecule has 1 heterocycles. The summed E-state index contributed by atoms with van der Waals surface area (Å²) in [7, 11) is 0. The molecule has 4 nitrogen and oxygen atoms in total. The third-order valence-corrected chi connectivity index (χ3v) is 2.53. The first kappa shape index (κ1) is 14.4. The maximum absolute atomic E-state index is 11.6. The summed E-state index contributed by atoms with van der Waals surface area (Å²) in [5.74, 6) is -1.24. The second-order valence-corrected chi connectivity index (χ2v) is 5.55. The van der Waals surface area contributed by atoms with E-state index in [0.29, 0.717) is 5.69 Å². The van der Waals surface area contributed by atoms with E-state index in [0.717, 1.165) is 0 Å². The Bertz CT molecular complexity index is 448. The average Bonchev–Trinajstić information content (AvgIpc) is 2.58. The maximum atomic E-state index is 11.6. The van der Waals surface area contributed by atoms with Crippen LogP contribution in [0.4, 0.5) is 0 Å². The van der Waals surface area contributed by atoms with Gasteiger partial charge in [0.1, 0.15) is 0 Å². The number of ether oxygens (including phenoxy) is 1. The largest absolute Gasteiger partial charge is 0.462 e. The van der Waals surface area contributed by atoms with Crippen molar-refractivity contribution < 1.29 is 14.3 Å². The Kier molecular flexibility index (Phi) is 4.47. The molecule has 7 heteroatoms. The molecule has 1 N–H and O–H groups in total. The molecule has 0 aliphatic rings. The number of ketones is 1. The average molecular weight is 304 g/mol. The summed E-state index contributed by atoms with van der Waals surface area (Å²) in [6, 6.07) is 1.32. The highest BCUT2D eigenvalue weighted by Gasteiger charge is 2.33. The Hall–Kier alpha value is -0.710. The normalized spacial score (nSPS) is 11.4. The quantitative estimate of drug-likeness (QED) is 0.404. The molecule has 0 saturated heterocycles. The summed E-state index contributed by atoms with van der Waals surface area (Å²) in [5.41, 5.74) is 0.802. The van der Waals surface area contributed by atoms with Crippen LogP contribution in [0.15, 0.2) is 6.07 Å². The van der Waals surface area contributed by atoms with Gasteiger partial charge in [-0.15, -0.1) is 0 Å². The molecule has 1 aromatic rings. The molecular formula is C10H10Cl3NO3. The Morgan fingerprint density at radius 3 is 2.47 bits per heavy atom. The minimum atomic E-state index is -2.05. The fourth-order valence-electron chi connectivity index (χ4n) is 1.25. The van der Waals surface area contributed by atoms with Crippen molar-refractivity contribution >= 4 is 46.6 Å². The molecule has 0 aliphatic carbocycles. The van der Waals surface area contributed by atoms with Crippen LogP contribution in [-0.4, -0.2) is 27.1 Å². The standard InChI is InChI=1S/C10H10Cl3NO3/c1-3-17-9(16)6-4-7(14-5(6)2)8(15)10(11,12)13/h4,14H,3H2,1-2H3/i2+1,5+1,6+1,9+1,14+1. The molecule has 0 atom stereocenters. The molecule has 94 valence electrons. The van der Waals surface area contributed by atoms with E-state index in [1.807, 2.05) is 0 Å². The zero-order chi connectivity index (χ0) is 13.2. The summed E-state index contributed by atoms with van der Waals surface area (Å²) >= 11 is 16.4. The number of alkyl halides is 3. The Balaban J connectivity index is 3.04. The van der Waals surface area contributed by atoms with E-state index in [-0.39, 0.29) is 17.9 Å². The van der Waals surface area contributed by atoms with Crippen molar-refractivity contribution in [2.75, 3.05) is 6.61 Å². The van der Waals surface area contributed by atoms with Gasteiger partial charge in [0.2, 0.25) is 5.78 Å². The number of esters is 1. The van der Waals surface area contributed by atoms with E-state index in [1.54, 1.807) is 13.8 Å². The highest BCUT2D eigenvalue weighted by atomic mass is 35.6. The molecule has 0 spiro atoms. The molecule has 0 aliphatic heterocycles. The highest BCUT2D eigenvalue weighted by molar-refractivity contribution is 6.77. The van der Waals surface area contributed by atoms with Crippen molar-refractivity contribution in [1.82, 2.24) is 4.98 Å². The number of Topliss-reactive ketones (excluding diaryl/α,β-unsaturated/α-hetero) is 1. The van der Waals surface area contributed by atoms with Crippen LogP contribution in [0.2, 0.25) is 0 Å². The fourth-order valence-corrected chi connectivity index (χ4v) is 1.56. The van der Waals surface area contributed by atoms with Gasteiger partial charge in [0.15, 0.2) is 0 Å². The zero-order valence-corrected chi connectivity index (χ0v) is 11.4. The topological polar surface area (TPSA) is 59.2 Å². The van der Waals surface area contributed by atoms with Crippen molar-refractivity contribution in [2.45, 2.75) is 17.6 Å². The summed E-state index contributed by atoms with van der Waals surface area (Å²) in [6.45, 7) is 3.56. The van der Waals surface area contributed by atoms with Gasteiger partial charge in [-0.3, -0.25) is 4.79 Å². The maximum Gasteiger partial charge on any atom is 0.339 e. The first-order chi connectivity index (χ1) is 7.77. The number of halogens is 3. The molecular weight excluding hydrogens is 293 g/mol. The van der Waals surface area contributed by atoms with Crippen LogP contribution < -0.4 is 0 Å². The molecule has 0 saturated carbocycles. The SMILES string of the molecule is CCO[13C](=O)[13c]1cc(C(=O)C(Cl)(Cl)Cl)[15nH][13c]1[13CH3]. The van der Waals surface area contributed by atoms with Crippen LogP contribution in [-0.2, 0) is 4.74 Å². The van der Waals surface area contributed by atoms with E-state index < -0.39 is 15.5 Å². The van der Waals surface area contributed by atoms with Crippen molar-refractivity contribution in [1.29, 1.82) is 0 Å². The minimum Gasteiger partial charge on any atom is -0.462 e. The Morgan fingerprint density at radius 2 is 2.00 bits per heavy atom. The van der Waals surface area contributed by atoms with Gasteiger partial charge in [-0.2, -0.15) is 0 Å². The monoisotopic (exact) mass is 302 g/mol. The van der Waals surface area contributed by atoms with Crippen LogP contribution in [0.3, 0.4) is 0 Å². The molecule has 0 unspecified atom stereocenters. The third-order valence-electron chi connectivity index (χ3n) is 2.01. The number of aryl methyl sites for hydroxylation is 1. The van der Waals surface area contributed by atoms with E-state index in [4.69, 9.17) is 39.5 Å². The van der Waals surface area contributed by atoms with Gasteiger partial charge in [0.25, 0.3) is 3.79 Å². The first-order valence-corrected chi connectivity index (χ1v) is 5.89. The van der Waals surface area contributed by atoms with Crippen LogP contribution in [0, 0.1) is 6.92 Å². The van der Waals surface area contributed by atoms with Gasteiger partial charge in [-0.1, -0.05) is 34.8 Å². The van der Waals surface area contributed by atoms with Crippen LogP contribution in [0.25, 0.3) is 0 Å². The van der Waals surface area contributed by atoms with E-state index in [2.05, 4.69) is 4.98 Å². The second-order valence-electron chi connectivity index (χ2n) is 3.27. The molecule has 0 aromatic carbocycles. The molecule has 0 amide bonds. The number of aromatic nitrogens is 1. The Labute approximate surface area is 113 Å². The van der Waals surface area contributed by atoms with Gasteiger partial charge < -0.3 is 9.72 Å². The number of nitrogens with one attached hydrogen (secondary N) is 1. The van der Waals surface area contributed by atoms with Crippen molar-refractivity contribution in [3.63, 3.8) is 0 Å². The van der Waals surface area contributed by atoms with Gasteiger partial charge in [-0.05, 0) is 19.9 Å². The Morgan fingerprint density at radius 1 is 1.41 bits per heavy atom. The molecule has 1 rings (SSSR count). The lowest BCUT2D eigenvalue weighted by molar-refractivity contribution is 0.0525. The van der Waals surface area contributed by atoms with Crippen molar-refractivity contribution in [2.24, 2.45) is 0 Å². The number of hydrogen-bond acceptors (Lipinski definition) is 3. The number of H-pyrrole nitrogens is 1. The molecule has 0 fully saturated rings. The van der Waals surface area contributed by atoms with E-state index >= 15 is 0 Å². The predicted octanol–water partition coefficient (Wildman–Crippen LogP) is 3.05. The summed E-state index contributed by atoms with van der Waals surface area (Å²) < 4.78 is 2.77. The van der Waals surface area contributed by atoms with Gasteiger partial charge in [-0.25, -0.2) is 4.79 Å². The molecule has 1 aromatic heterocycles. The lowest BCUT2D eigenvalue weighted by Gasteiger charge is -2.06. The number of hydrogen-bond donors (Lipinski definition) is 1. The van der Waals surface area contributed by atoms with Gasteiger partial charge >= 0.3 is 5.97 Å². The van der Waals surface area contributed by atoms with Gasteiger partial charge in [0.05, 0.1) is 17.9 Å². The minimum absolute atomic E-state index is 0.0607. The highest BCUT2D eigenvalue weighted by Crippen LogP contribution is 2.30. The molecule has 0 bridgehead atoms.